The molecule has 0 amide bonds. The molecule has 5 N–H and O–H groups in total. The minimum absolute atomic E-state index is 0.0712. The quantitative estimate of drug-likeness (QED) is 0.529. The van der Waals surface area contributed by atoms with Gasteiger partial charge in [-0.25, -0.2) is 4.79 Å². The van der Waals surface area contributed by atoms with E-state index in [2.05, 4.69) is 5.32 Å². The molecule has 0 saturated carbocycles. The smallest absolute Gasteiger partial charge is 0.339 e. The number of carboxylic acids is 1. The number of aromatic carboxylic acids is 1. The first-order valence-electron chi connectivity index (χ1n) is 5.11. The Morgan fingerprint density at radius 2 is 2.19 bits per heavy atom. The number of phenols is 1. The number of aromatic hydroxyl groups is 1. The van der Waals surface area contributed by atoms with Gasteiger partial charge in [0.25, 0.3) is 0 Å². The Bertz CT molecular complexity index is 366. The van der Waals surface area contributed by atoms with Crippen LogP contribution in [0, 0.1) is 0 Å². The van der Waals surface area contributed by atoms with Crippen molar-refractivity contribution in [1.82, 2.24) is 5.32 Å². The highest BCUT2D eigenvalue weighted by atomic mass is 16.4. The summed E-state index contributed by atoms with van der Waals surface area (Å²) in [6.07, 6.45) is 0.847. The van der Waals surface area contributed by atoms with E-state index in [-0.39, 0.29) is 11.3 Å². The third-order valence-corrected chi connectivity index (χ3v) is 2.22. The first-order chi connectivity index (χ1) is 7.66. The molecule has 0 aromatic heterocycles. The van der Waals surface area contributed by atoms with Crippen molar-refractivity contribution in [2.24, 2.45) is 5.73 Å². The molecule has 5 nitrogen and oxygen atoms in total. The molecule has 1 rings (SSSR count). The minimum Gasteiger partial charge on any atom is -0.507 e. The number of carbonyl (C=O) groups is 1. The Balaban J connectivity index is 2.66. The Morgan fingerprint density at radius 1 is 1.44 bits per heavy atom. The van der Waals surface area contributed by atoms with Crippen molar-refractivity contribution < 1.29 is 15.0 Å². The number of nitrogens with one attached hydrogen (secondary N) is 1. The van der Waals surface area contributed by atoms with E-state index in [0.29, 0.717) is 18.7 Å². The second-order valence-electron chi connectivity index (χ2n) is 3.44. The van der Waals surface area contributed by atoms with Gasteiger partial charge in [-0.05, 0) is 25.6 Å². The van der Waals surface area contributed by atoms with Crippen molar-refractivity contribution in [2.45, 2.75) is 13.0 Å². The van der Waals surface area contributed by atoms with Crippen molar-refractivity contribution in [3.8, 4) is 5.75 Å². The predicted molar refractivity (Wildman–Crippen MR) is 60.4 cm³/mol. The molecule has 1 aromatic rings. The number of nitrogens with two attached hydrogens (primary N) is 1. The highest BCUT2D eigenvalue weighted by Crippen LogP contribution is 2.22. The molecule has 0 aliphatic carbocycles. The molecule has 0 unspecified atom stereocenters. The highest BCUT2D eigenvalue weighted by Gasteiger charge is 2.11. The Morgan fingerprint density at radius 3 is 2.81 bits per heavy atom. The summed E-state index contributed by atoms with van der Waals surface area (Å²) in [6, 6.07) is 4.68. The van der Waals surface area contributed by atoms with Gasteiger partial charge in [0, 0.05) is 12.1 Å². The average molecular weight is 224 g/mol. The van der Waals surface area contributed by atoms with Crippen LogP contribution in [0.4, 0.5) is 0 Å². The summed E-state index contributed by atoms with van der Waals surface area (Å²) in [5.74, 6) is -1.29. The average Bonchev–Trinajstić information content (AvgIpc) is 2.26. The predicted octanol–water partition coefficient (Wildman–Crippen LogP) is 0.529. The zero-order valence-corrected chi connectivity index (χ0v) is 8.94. The molecule has 0 saturated heterocycles. The van der Waals surface area contributed by atoms with Gasteiger partial charge in [-0.3, -0.25) is 0 Å². The van der Waals surface area contributed by atoms with Gasteiger partial charge >= 0.3 is 5.97 Å². The molecule has 0 aliphatic heterocycles. The second-order valence-corrected chi connectivity index (χ2v) is 3.44. The third kappa shape index (κ3) is 3.22. The lowest BCUT2D eigenvalue weighted by Crippen LogP contribution is -2.18. The molecule has 0 aliphatic rings. The van der Waals surface area contributed by atoms with Crippen molar-refractivity contribution in [3.63, 3.8) is 0 Å². The van der Waals surface area contributed by atoms with Gasteiger partial charge in [0.05, 0.1) is 0 Å². The van der Waals surface area contributed by atoms with Crippen LogP contribution in [0.5, 0.6) is 5.75 Å². The van der Waals surface area contributed by atoms with Crippen LogP contribution in [0.15, 0.2) is 18.2 Å². The fourth-order valence-electron chi connectivity index (χ4n) is 1.36. The van der Waals surface area contributed by atoms with Crippen LogP contribution in [-0.2, 0) is 6.54 Å². The van der Waals surface area contributed by atoms with E-state index in [1.165, 1.54) is 6.07 Å². The molecule has 0 spiro atoms. The zero-order chi connectivity index (χ0) is 12.0. The molecule has 0 heterocycles. The lowest BCUT2D eigenvalue weighted by Gasteiger charge is -2.08. The number of rotatable bonds is 6. The van der Waals surface area contributed by atoms with Crippen LogP contribution in [0.2, 0.25) is 0 Å². The number of para-hydroxylation sites is 1. The zero-order valence-electron chi connectivity index (χ0n) is 8.94. The van der Waals surface area contributed by atoms with Crippen LogP contribution in [-0.4, -0.2) is 29.3 Å². The Kier molecular flexibility index (Phi) is 4.75. The van der Waals surface area contributed by atoms with Gasteiger partial charge < -0.3 is 21.3 Å². The molecule has 5 heteroatoms. The number of carboxylic acid groups (broad SMARTS) is 1. The van der Waals surface area contributed by atoms with Gasteiger partial charge in [0.15, 0.2) is 0 Å². The maximum absolute atomic E-state index is 10.8. The standard InChI is InChI=1S/C11H16N2O3/c12-5-2-6-13-7-8-3-1-4-9(10(8)14)11(15)16/h1,3-4,13-14H,2,5-7,12H2,(H,15,16). The molecular formula is C11H16N2O3. The summed E-state index contributed by atoms with van der Waals surface area (Å²) < 4.78 is 0. The fourth-order valence-corrected chi connectivity index (χ4v) is 1.36. The molecule has 88 valence electrons. The van der Waals surface area contributed by atoms with Gasteiger partial charge in [0.1, 0.15) is 11.3 Å². The van der Waals surface area contributed by atoms with Crippen molar-refractivity contribution in [1.29, 1.82) is 0 Å². The normalized spacial score (nSPS) is 10.3. The van der Waals surface area contributed by atoms with Crippen LogP contribution in [0.1, 0.15) is 22.3 Å². The van der Waals surface area contributed by atoms with E-state index in [4.69, 9.17) is 10.8 Å². The maximum Gasteiger partial charge on any atom is 0.339 e. The molecule has 16 heavy (non-hydrogen) atoms. The third-order valence-electron chi connectivity index (χ3n) is 2.22. The summed E-state index contributed by atoms with van der Waals surface area (Å²) in [7, 11) is 0. The first-order valence-corrected chi connectivity index (χ1v) is 5.11. The van der Waals surface area contributed by atoms with Crippen molar-refractivity contribution in [2.75, 3.05) is 13.1 Å². The van der Waals surface area contributed by atoms with Gasteiger partial charge in [-0.15, -0.1) is 0 Å². The fraction of sp³-hybridized carbons (Fsp3) is 0.364. The van der Waals surface area contributed by atoms with E-state index in [9.17, 15) is 9.90 Å². The first kappa shape index (κ1) is 12.5. The lowest BCUT2D eigenvalue weighted by molar-refractivity contribution is 0.0693. The lowest BCUT2D eigenvalue weighted by atomic mass is 10.1. The van der Waals surface area contributed by atoms with E-state index in [0.717, 1.165) is 13.0 Å². The van der Waals surface area contributed by atoms with Crippen LogP contribution >= 0.6 is 0 Å². The summed E-state index contributed by atoms with van der Waals surface area (Å²) in [4.78, 5) is 10.8. The molecular weight excluding hydrogens is 208 g/mol. The van der Waals surface area contributed by atoms with Gasteiger partial charge in [-0.2, -0.15) is 0 Å². The SMILES string of the molecule is NCCCNCc1cccc(C(=O)O)c1O. The molecule has 0 bridgehead atoms. The summed E-state index contributed by atoms with van der Waals surface area (Å²) >= 11 is 0. The summed E-state index contributed by atoms with van der Waals surface area (Å²) in [5.41, 5.74) is 5.84. The van der Waals surface area contributed by atoms with Crippen LogP contribution in [0.3, 0.4) is 0 Å². The van der Waals surface area contributed by atoms with Gasteiger partial charge in [0.2, 0.25) is 0 Å². The van der Waals surface area contributed by atoms with Crippen molar-refractivity contribution in [3.05, 3.63) is 29.3 Å². The highest BCUT2D eigenvalue weighted by molar-refractivity contribution is 5.91. The monoisotopic (exact) mass is 224 g/mol. The summed E-state index contributed by atoms with van der Waals surface area (Å²) in [6.45, 7) is 1.79. The Hall–Kier alpha value is -1.59. The number of benzene rings is 1. The topological polar surface area (TPSA) is 95.6 Å². The largest absolute Gasteiger partial charge is 0.507 e. The molecule has 1 aromatic carbocycles. The second kappa shape index (κ2) is 6.09. The van der Waals surface area contributed by atoms with Crippen molar-refractivity contribution >= 4 is 5.97 Å². The van der Waals surface area contributed by atoms with Crippen LogP contribution < -0.4 is 11.1 Å². The van der Waals surface area contributed by atoms with Crippen LogP contribution in [0.25, 0.3) is 0 Å². The van der Waals surface area contributed by atoms with E-state index >= 15 is 0 Å². The van der Waals surface area contributed by atoms with E-state index in [1.54, 1.807) is 12.1 Å². The summed E-state index contributed by atoms with van der Waals surface area (Å²) in [5, 5.41) is 21.5. The number of hydrogen-bond acceptors (Lipinski definition) is 4. The Labute approximate surface area is 93.9 Å². The van der Waals surface area contributed by atoms with Gasteiger partial charge in [-0.1, -0.05) is 12.1 Å². The number of hydrogen-bond donors (Lipinski definition) is 4. The maximum atomic E-state index is 10.8. The van der Waals surface area contributed by atoms with E-state index < -0.39 is 5.97 Å². The minimum atomic E-state index is -1.12. The molecule has 0 atom stereocenters. The molecule has 0 fully saturated rings. The van der Waals surface area contributed by atoms with E-state index in [1.807, 2.05) is 0 Å². The molecule has 0 radical (unpaired) electrons.